The fraction of sp³-hybridized carbons (Fsp3) is 0.846. The molecule has 0 aromatic carbocycles. The Balaban J connectivity index is 2.02. The number of morpholine rings is 1. The molecule has 4 heteroatoms. The highest BCUT2D eigenvalue weighted by Gasteiger charge is 2.51. The Bertz CT molecular complexity index is 342. The van der Waals surface area contributed by atoms with Crippen LogP contribution in [0.1, 0.15) is 33.1 Å². The van der Waals surface area contributed by atoms with Crippen molar-refractivity contribution in [3.63, 3.8) is 0 Å². The van der Waals surface area contributed by atoms with Gasteiger partial charge in [0.15, 0.2) is 0 Å². The molecule has 2 fully saturated rings. The molecule has 0 aromatic rings. The molecule has 1 heterocycles. The first kappa shape index (κ1) is 12.4. The maximum atomic E-state index is 12.4. The predicted octanol–water partition coefficient (Wildman–Crippen LogP) is 1.56. The molecule has 1 aliphatic carbocycles. The molecule has 2 aliphatic rings. The fourth-order valence-corrected chi connectivity index (χ4v) is 2.90. The quantitative estimate of drug-likeness (QED) is 0.731. The summed E-state index contributed by atoms with van der Waals surface area (Å²) in [7, 11) is 0. The standard InChI is InChI=1S/C13H20N2O2/c1-3-11-8-15(4-5-17-11)12(16)13(9-14)6-10(2)7-13/h10-11H,3-8H2,1-2H3. The topological polar surface area (TPSA) is 53.3 Å². The maximum absolute atomic E-state index is 12.4. The van der Waals surface area contributed by atoms with Gasteiger partial charge in [0.05, 0.1) is 18.8 Å². The molecule has 17 heavy (non-hydrogen) atoms. The van der Waals surface area contributed by atoms with Gasteiger partial charge in [-0.25, -0.2) is 0 Å². The summed E-state index contributed by atoms with van der Waals surface area (Å²) in [5.74, 6) is 0.529. The number of carbonyl (C=O) groups is 1. The van der Waals surface area contributed by atoms with Crippen molar-refractivity contribution >= 4 is 5.91 Å². The number of nitriles is 1. The lowest BCUT2D eigenvalue weighted by Gasteiger charge is -2.44. The third-order valence-corrected chi connectivity index (χ3v) is 3.90. The van der Waals surface area contributed by atoms with Crippen molar-refractivity contribution < 1.29 is 9.53 Å². The number of rotatable bonds is 2. The monoisotopic (exact) mass is 236 g/mol. The Morgan fingerprint density at radius 3 is 2.82 bits per heavy atom. The van der Waals surface area contributed by atoms with E-state index in [2.05, 4.69) is 19.9 Å². The van der Waals surface area contributed by atoms with E-state index in [1.807, 2.05) is 4.90 Å². The van der Waals surface area contributed by atoms with Crippen molar-refractivity contribution in [3.8, 4) is 6.07 Å². The summed E-state index contributed by atoms with van der Waals surface area (Å²) in [6, 6.07) is 2.24. The zero-order chi connectivity index (χ0) is 12.5. The van der Waals surface area contributed by atoms with E-state index in [9.17, 15) is 10.1 Å². The third kappa shape index (κ3) is 2.16. The van der Waals surface area contributed by atoms with E-state index < -0.39 is 5.41 Å². The van der Waals surface area contributed by atoms with Gasteiger partial charge in [0.25, 0.3) is 0 Å². The van der Waals surface area contributed by atoms with E-state index in [0.717, 1.165) is 19.3 Å². The van der Waals surface area contributed by atoms with Crippen molar-refractivity contribution in [2.24, 2.45) is 11.3 Å². The minimum atomic E-state index is -0.727. The van der Waals surface area contributed by atoms with Gasteiger partial charge in [-0.15, -0.1) is 0 Å². The zero-order valence-corrected chi connectivity index (χ0v) is 10.6. The lowest BCUT2D eigenvalue weighted by atomic mass is 9.62. The average Bonchev–Trinajstić information content (AvgIpc) is 2.34. The fourth-order valence-electron chi connectivity index (χ4n) is 2.90. The van der Waals surface area contributed by atoms with Crippen LogP contribution in [0.4, 0.5) is 0 Å². The van der Waals surface area contributed by atoms with E-state index in [1.54, 1.807) is 0 Å². The van der Waals surface area contributed by atoms with Crippen LogP contribution in [-0.2, 0) is 9.53 Å². The molecule has 94 valence electrons. The average molecular weight is 236 g/mol. The molecule has 4 nitrogen and oxygen atoms in total. The SMILES string of the molecule is CCC1CN(C(=O)C2(C#N)CC(C)C2)CCO1. The van der Waals surface area contributed by atoms with Crippen LogP contribution < -0.4 is 0 Å². The van der Waals surface area contributed by atoms with Crippen LogP contribution in [0.3, 0.4) is 0 Å². The molecular formula is C13H20N2O2. The molecular weight excluding hydrogens is 216 g/mol. The van der Waals surface area contributed by atoms with Gasteiger partial charge in [-0.2, -0.15) is 5.26 Å². The largest absolute Gasteiger partial charge is 0.375 e. The van der Waals surface area contributed by atoms with Crippen LogP contribution >= 0.6 is 0 Å². The second kappa shape index (κ2) is 4.66. The highest BCUT2D eigenvalue weighted by Crippen LogP contribution is 2.46. The second-order valence-electron chi connectivity index (χ2n) is 5.36. The minimum absolute atomic E-state index is 0.0276. The van der Waals surface area contributed by atoms with Crippen molar-refractivity contribution in [2.45, 2.75) is 39.2 Å². The molecule has 0 spiro atoms. The summed E-state index contributed by atoms with van der Waals surface area (Å²) in [6.45, 7) is 6.03. The number of hydrogen-bond donors (Lipinski definition) is 0. The van der Waals surface area contributed by atoms with E-state index in [-0.39, 0.29) is 12.0 Å². The van der Waals surface area contributed by atoms with Gasteiger partial charge in [0.2, 0.25) is 5.91 Å². The Hall–Kier alpha value is -1.08. The molecule has 1 saturated heterocycles. The zero-order valence-electron chi connectivity index (χ0n) is 10.6. The highest BCUT2D eigenvalue weighted by molar-refractivity contribution is 5.86. The first-order chi connectivity index (χ1) is 8.11. The van der Waals surface area contributed by atoms with Crippen molar-refractivity contribution in [2.75, 3.05) is 19.7 Å². The second-order valence-corrected chi connectivity index (χ2v) is 5.36. The highest BCUT2D eigenvalue weighted by atomic mass is 16.5. The van der Waals surface area contributed by atoms with Gasteiger partial charge in [-0.05, 0) is 25.2 Å². The number of nitrogens with zero attached hydrogens (tertiary/aromatic N) is 2. The number of amides is 1. The van der Waals surface area contributed by atoms with E-state index in [1.165, 1.54) is 0 Å². The number of carbonyl (C=O) groups excluding carboxylic acids is 1. The summed E-state index contributed by atoms with van der Waals surface area (Å²) < 4.78 is 5.55. The van der Waals surface area contributed by atoms with Gasteiger partial charge in [-0.3, -0.25) is 4.79 Å². The first-order valence-corrected chi connectivity index (χ1v) is 6.43. The minimum Gasteiger partial charge on any atom is -0.375 e. The Kier molecular flexibility index (Phi) is 3.39. The lowest BCUT2D eigenvalue weighted by molar-refractivity contribution is -0.152. The van der Waals surface area contributed by atoms with Crippen molar-refractivity contribution in [3.05, 3.63) is 0 Å². The van der Waals surface area contributed by atoms with Crippen LogP contribution in [0, 0.1) is 22.7 Å². The molecule has 1 unspecified atom stereocenters. The first-order valence-electron chi connectivity index (χ1n) is 6.43. The third-order valence-electron chi connectivity index (χ3n) is 3.90. The van der Waals surface area contributed by atoms with Crippen molar-refractivity contribution in [1.29, 1.82) is 5.26 Å². The molecule has 0 radical (unpaired) electrons. The van der Waals surface area contributed by atoms with Crippen LogP contribution in [-0.4, -0.2) is 36.6 Å². The molecule has 0 bridgehead atoms. The van der Waals surface area contributed by atoms with Crippen LogP contribution in [0.25, 0.3) is 0 Å². The Morgan fingerprint density at radius 2 is 2.29 bits per heavy atom. The summed E-state index contributed by atoms with van der Waals surface area (Å²) >= 11 is 0. The van der Waals surface area contributed by atoms with Gasteiger partial charge < -0.3 is 9.64 Å². The Morgan fingerprint density at radius 1 is 1.59 bits per heavy atom. The van der Waals surface area contributed by atoms with Crippen LogP contribution in [0.5, 0.6) is 0 Å². The number of ether oxygens (including phenoxy) is 1. The summed E-state index contributed by atoms with van der Waals surface area (Å²) in [5, 5.41) is 9.25. The molecule has 0 N–H and O–H groups in total. The van der Waals surface area contributed by atoms with Gasteiger partial charge >= 0.3 is 0 Å². The van der Waals surface area contributed by atoms with E-state index >= 15 is 0 Å². The van der Waals surface area contributed by atoms with Crippen LogP contribution in [0.2, 0.25) is 0 Å². The molecule has 2 rings (SSSR count). The molecule has 1 amide bonds. The molecule has 0 aromatic heterocycles. The predicted molar refractivity (Wildman–Crippen MR) is 63.1 cm³/mol. The molecule has 1 saturated carbocycles. The van der Waals surface area contributed by atoms with Crippen molar-refractivity contribution in [1.82, 2.24) is 4.90 Å². The van der Waals surface area contributed by atoms with E-state index in [0.29, 0.717) is 25.6 Å². The summed E-state index contributed by atoms with van der Waals surface area (Å²) in [5.41, 5.74) is -0.727. The summed E-state index contributed by atoms with van der Waals surface area (Å²) in [4.78, 5) is 14.2. The molecule has 1 aliphatic heterocycles. The molecule has 1 atom stereocenters. The van der Waals surface area contributed by atoms with Gasteiger partial charge in [0, 0.05) is 13.1 Å². The smallest absolute Gasteiger partial charge is 0.243 e. The lowest BCUT2D eigenvalue weighted by Crippen LogP contribution is -2.54. The van der Waals surface area contributed by atoms with Crippen LogP contribution in [0.15, 0.2) is 0 Å². The van der Waals surface area contributed by atoms with Gasteiger partial charge in [-0.1, -0.05) is 13.8 Å². The normalized spacial score (nSPS) is 37.1. The van der Waals surface area contributed by atoms with Gasteiger partial charge in [0.1, 0.15) is 5.41 Å². The summed E-state index contributed by atoms with van der Waals surface area (Å²) in [6.07, 6.45) is 2.49. The van der Waals surface area contributed by atoms with E-state index in [4.69, 9.17) is 4.74 Å². The Labute approximate surface area is 103 Å². The number of hydrogen-bond acceptors (Lipinski definition) is 3. The maximum Gasteiger partial charge on any atom is 0.243 e.